The number of aromatic nitrogens is 2. The molecule has 0 spiro atoms. The van der Waals surface area contributed by atoms with Gasteiger partial charge in [0, 0.05) is 33.5 Å². The Morgan fingerprint density at radius 2 is 2.00 bits per heavy atom. The fourth-order valence-corrected chi connectivity index (χ4v) is 2.49. The summed E-state index contributed by atoms with van der Waals surface area (Å²) in [5, 5.41) is 18.4. The van der Waals surface area contributed by atoms with Crippen molar-refractivity contribution >= 4 is 27.9 Å². The third-order valence-electron chi connectivity index (χ3n) is 3.92. The summed E-state index contributed by atoms with van der Waals surface area (Å²) >= 11 is 3.33. The van der Waals surface area contributed by atoms with Crippen LogP contribution in [-0.2, 0) is 93.3 Å². The number of nitrogens with zero attached hydrogens (tertiary/aromatic N) is 4. The normalized spacial score (nSPS) is 11.1. The average molecular weight is 997 g/mol. The number of allylic oxidation sites excluding steroid dienone is 2. The molecule has 2 rings (SSSR count). The summed E-state index contributed by atoms with van der Waals surface area (Å²) in [5.41, 5.74) is 4.62. The first-order chi connectivity index (χ1) is 13.8. The topological polar surface area (TPSA) is 64.5 Å². The van der Waals surface area contributed by atoms with Gasteiger partial charge in [-0.05, 0) is 19.2 Å². The van der Waals surface area contributed by atoms with Crippen LogP contribution in [0.5, 0.6) is 0 Å². The van der Waals surface area contributed by atoms with Crippen molar-refractivity contribution in [2.45, 2.75) is 20.8 Å². The summed E-state index contributed by atoms with van der Waals surface area (Å²) < 4.78 is 1.83. The van der Waals surface area contributed by atoms with E-state index >= 15 is 0 Å². The van der Waals surface area contributed by atoms with Crippen molar-refractivity contribution in [1.82, 2.24) is 15.1 Å². The zero-order valence-electron chi connectivity index (χ0n) is 17.8. The van der Waals surface area contributed by atoms with Gasteiger partial charge in [-0.15, -0.1) is 5.57 Å². The van der Waals surface area contributed by atoms with Crippen molar-refractivity contribution in [2.75, 3.05) is 6.54 Å². The van der Waals surface area contributed by atoms with E-state index in [1.54, 1.807) is 45.4 Å². The second-order valence-electron chi connectivity index (χ2n) is 6.15. The molecule has 0 saturated carbocycles. The maximum absolute atomic E-state index is 10.1. The summed E-state index contributed by atoms with van der Waals surface area (Å²) in [6.45, 7) is 16.6. The molecule has 1 heterocycles. The Bertz CT molecular complexity index is 1010. The summed E-state index contributed by atoms with van der Waals surface area (Å²) in [7, 11) is 1.91. The van der Waals surface area contributed by atoms with Crippen LogP contribution in [0.2, 0.25) is 0 Å². The van der Waals surface area contributed by atoms with E-state index in [1.807, 2.05) is 43.8 Å². The predicted octanol–water partition coefficient (Wildman–Crippen LogP) is 3.76. The quantitative estimate of drug-likeness (QED) is 0.190. The fourth-order valence-electron chi connectivity index (χ4n) is 2.49. The Morgan fingerprint density at radius 3 is 2.58 bits per heavy atom. The second-order valence-corrected chi connectivity index (χ2v) is 6.15. The Labute approximate surface area is 243 Å². The second kappa shape index (κ2) is 17.4. The molecule has 0 bridgehead atoms. The van der Waals surface area contributed by atoms with E-state index in [-0.39, 0.29) is 59.5 Å². The van der Waals surface area contributed by atoms with E-state index in [0.717, 1.165) is 22.2 Å². The molecular formula is C22H22N5W3Y-2. The number of hydrogen-bond donors (Lipinski definition) is 1. The van der Waals surface area contributed by atoms with Crippen LogP contribution in [0.25, 0.3) is 21.9 Å². The van der Waals surface area contributed by atoms with Crippen molar-refractivity contribution in [3.63, 3.8) is 0 Å². The van der Waals surface area contributed by atoms with Gasteiger partial charge in [0.2, 0.25) is 0 Å². The van der Waals surface area contributed by atoms with Crippen molar-refractivity contribution in [3.05, 3.63) is 78.1 Å². The molecule has 0 fully saturated rings. The molecule has 0 aliphatic carbocycles. The molecule has 0 aliphatic heterocycles. The van der Waals surface area contributed by atoms with Gasteiger partial charge >= 0.3 is 65.2 Å². The molecule has 0 saturated heterocycles. The van der Waals surface area contributed by atoms with Gasteiger partial charge in [0.1, 0.15) is 0 Å². The zero-order valence-corrected chi connectivity index (χ0v) is 29.5. The first-order valence-corrected chi connectivity index (χ1v) is 19.6. The van der Waals surface area contributed by atoms with Gasteiger partial charge in [0.15, 0.2) is 0 Å². The number of aryl methyl sites for hydroxylation is 2. The number of benzene rings is 1. The third kappa shape index (κ3) is 10.6. The van der Waals surface area contributed by atoms with E-state index in [4.69, 9.17) is 13.2 Å². The first kappa shape index (κ1) is 33.1. The summed E-state index contributed by atoms with van der Waals surface area (Å²) in [6.07, 6.45) is 8.78. The molecule has 158 valence electrons. The van der Waals surface area contributed by atoms with Crippen molar-refractivity contribution in [1.29, 1.82) is 0 Å². The number of hydrogen-bond acceptors (Lipinski definition) is 3. The van der Waals surface area contributed by atoms with Crippen molar-refractivity contribution in [2.24, 2.45) is 12.0 Å². The van der Waals surface area contributed by atoms with Crippen LogP contribution in [0.3, 0.4) is 0 Å². The van der Waals surface area contributed by atoms with Gasteiger partial charge in [-0.3, -0.25) is 10.4 Å². The van der Waals surface area contributed by atoms with Crippen LogP contribution in [0, 0.1) is 32.5 Å². The zero-order chi connectivity index (χ0) is 22.0. The summed E-state index contributed by atoms with van der Waals surface area (Å²) in [6, 6.07) is 5.87. The van der Waals surface area contributed by atoms with Gasteiger partial charge < -0.3 is 40.5 Å². The number of aliphatic imine (C=N–C) groups is 1. The molecule has 2 aromatic rings. The molecule has 0 radical (unpaired) electrons. The van der Waals surface area contributed by atoms with Crippen LogP contribution in [0.15, 0.2) is 40.9 Å². The largest absolute Gasteiger partial charge is 3.00 e. The first-order valence-electron chi connectivity index (χ1n) is 8.62. The van der Waals surface area contributed by atoms with Crippen LogP contribution in [0.4, 0.5) is 0 Å². The van der Waals surface area contributed by atoms with Gasteiger partial charge in [-0.25, -0.2) is 0 Å². The average Bonchev–Trinajstić information content (AvgIpc) is 2.99. The van der Waals surface area contributed by atoms with Gasteiger partial charge in [0.05, 0.1) is 11.2 Å². The minimum absolute atomic E-state index is 0. The summed E-state index contributed by atoms with van der Waals surface area (Å²) in [5.74, 6) is 0. The van der Waals surface area contributed by atoms with Crippen molar-refractivity contribution in [3.8, 4) is 0 Å². The molecule has 31 heavy (non-hydrogen) atoms. The monoisotopic (exact) mass is 997 g/mol. The minimum atomic E-state index is 0. The number of rotatable bonds is 8. The van der Waals surface area contributed by atoms with Crippen LogP contribution < -0.4 is 5.32 Å². The molecule has 0 atom stereocenters. The third-order valence-corrected chi connectivity index (χ3v) is 3.92. The Morgan fingerprint density at radius 1 is 1.35 bits per heavy atom. The van der Waals surface area contributed by atoms with E-state index in [0.29, 0.717) is 23.4 Å². The number of nitrogens with one attached hydrogen (secondary N) is 1. The maximum atomic E-state index is 10.1. The predicted molar refractivity (Wildman–Crippen MR) is 112 cm³/mol. The SMILES string of the molecule is [CH-]=CC(=[CH-])CN[C-]=CC(C)=N[C-]=C(C(C)=[N-])c1ccc2c(c1)c(C)nn2C.[W].[W]=[W].[Y+3]. The van der Waals surface area contributed by atoms with E-state index in [9.17, 15) is 5.41 Å². The van der Waals surface area contributed by atoms with Crippen LogP contribution in [0.1, 0.15) is 25.1 Å². The molecule has 5 nitrogen and oxygen atoms in total. The minimum Gasteiger partial charge on any atom is 3.00 e. The fraction of sp³-hybridized carbons (Fsp3) is 0.227. The van der Waals surface area contributed by atoms with Crippen LogP contribution in [-0.4, -0.2) is 27.7 Å². The molecule has 0 aliphatic rings. The van der Waals surface area contributed by atoms with Gasteiger partial charge in [0.25, 0.3) is 0 Å². The Kier molecular flexibility index (Phi) is 18.6. The van der Waals surface area contributed by atoms with Gasteiger partial charge in [-0.2, -0.15) is 17.4 Å². The molecular weight excluding hydrogens is 975 g/mol. The molecule has 1 N–H and O–H groups in total. The Hall–Kier alpha value is -0.0412. The van der Waals surface area contributed by atoms with E-state index in [1.165, 1.54) is 6.08 Å². The summed E-state index contributed by atoms with van der Waals surface area (Å²) in [4.78, 5) is 4.27. The van der Waals surface area contributed by atoms with E-state index < -0.39 is 0 Å². The smallest absolute Gasteiger partial charge is 3.00 e. The maximum Gasteiger partial charge on any atom is 3.00 e. The molecule has 1 aromatic carbocycles. The van der Waals surface area contributed by atoms with E-state index in [2.05, 4.69) is 27.8 Å². The standard InChI is InChI=1S/C22H22N5.3W.Y/c1-7-15(2)13-24-11-10-16(3)25-14-21(17(4)23)19-8-9-22-20(12-19)18(5)26-27(22)6;;;;/h1-2,7-10,12,24H,13H2,3-6H3;;;;/q-5;;;;+3. The molecule has 1 aromatic heterocycles. The molecule has 0 unspecified atom stereocenters. The molecule has 9 heteroatoms. The van der Waals surface area contributed by atoms with Crippen molar-refractivity contribution < 1.29 is 86.2 Å². The number of fused-ring (bicyclic) bond motifs is 1. The van der Waals surface area contributed by atoms with Gasteiger partial charge in [-0.1, -0.05) is 43.8 Å². The molecule has 0 amide bonds. The van der Waals surface area contributed by atoms with Crippen LogP contribution >= 0.6 is 0 Å². The Balaban J connectivity index is 0.